The molecule has 1 unspecified atom stereocenters. The summed E-state index contributed by atoms with van der Waals surface area (Å²) in [4.78, 5) is 11.2. The summed E-state index contributed by atoms with van der Waals surface area (Å²) in [5.74, 6) is 0.482. The van der Waals surface area contributed by atoms with Crippen LogP contribution in [0.5, 0.6) is 11.5 Å². The van der Waals surface area contributed by atoms with E-state index in [0.29, 0.717) is 24.5 Å². The van der Waals surface area contributed by atoms with Gasteiger partial charge in [-0.3, -0.25) is 4.79 Å². The SMILES string of the molecule is COc1cc(CC(C)(C)C(=O)O)ccc1OC1CCOC1. The summed E-state index contributed by atoms with van der Waals surface area (Å²) < 4.78 is 16.5. The summed E-state index contributed by atoms with van der Waals surface area (Å²) in [7, 11) is 1.58. The molecule has 1 N–H and O–H groups in total. The standard InChI is InChI=1S/C16H22O5/c1-16(2,15(17)18)9-11-4-5-13(14(8-11)19-3)21-12-6-7-20-10-12/h4-5,8,12H,6-7,9-10H2,1-3H3,(H,17,18). The van der Waals surface area contributed by atoms with E-state index in [0.717, 1.165) is 18.6 Å². The zero-order chi connectivity index (χ0) is 15.5. The van der Waals surface area contributed by atoms with Crippen LogP contribution >= 0.6 is 0 Å². The van der Waals surface area contributed by atoms with Crippen LogP contribution in [0.1, 0.15) is 25.8 Å². The Bertz CT molecular complexity index is 503. The van der Waals surface area contributed by atoms with Crippen molar-refractivity contribution in [3.05, 3.63) is 23.8 Å². The third-order valence-corrected chi connectivity index (χ3v) is 3.63. The molecule has 1 fully saturated rings. The van der Waals surface area contributed by atoms with Crippen LogP contribution < -0.4 is 9.47 Å². The molecule has 1 aliphatic rings. The second kappa shape index (κ2) is 6.35. The van der Waals surface area contributed by atoms with Crippen LogP contribution in [0.4, 0.5) is 0 Å². The van der Waals surface area contributed by atoms with Gasteiger partial charge in [0.05, 0.1) is 25.7 Å². The summed E-state index contributed by atoms with van der Waals surface area (Å²) in [5, 5.41) is 9.20. The van der Waals surface area contributed by atoms with Gasteiger partial charge in [-0.1, -0.05) is 6.07 Å². The molecule has 21 heavy (non-hydrogen) atoms. The van der Waals surface area contributed by atoms with Crippen molar-refractivity contribution in [1.29, 1.82) is 0 Å². The van der Waals surface area contributed by atoms with Crippen LogP contribution in [0, 0.1) is 5.41 Å². The lowest BCUT2D eigenvalue weighted by Crippen LogP contribution is -2.26. The molecular formula is C16H22O5. The van der Waals surface area contributed by atoms with Gasteiger partial charge in [-0.25, -0.2) is 0 Å². The lowest BCUT2D eigenvalue weighted by atomic mass is 9.86. The van der Waals surface area contributed by atoms with Crippen LogP contribution in [0.3, 0.4) is 0 Å². The van der Waals surface area contributed by atoms with E-state index in [4.69, 9.17) is 14.2 Å². The zero-order valence-electron chi connectivity index (χ0n) is 12.7. The number of benzene rings is 1. The third-order valence-electron chi connectivity index (χ3n) is 3.63. The minimum Gasteiger partial charge on any atom is -0.493 e. The highest BCUT2D eigenvalue weighted by Gasteiger charge is 2.28. The Balaban J connectivity index is 2.13. The Morgan fingerprint density at radius 2 is 2.19 bits per heavy atom. The van der Waals surface area contributed by atoms with Crippen LogP contribution in [0.15, 0.2) is 18.2 Å². The monoisotopic (exact) mass is 294 g/mol. The van der Waals surface area contributed by atoms with Crippen molar-refractivity contribution in [1.82, 2.24) is 0 Å². The van der Waals surface area contributed by atoms with Crippen molar-refractivity contribution in [2.45, 2.75) is 32.8 Å². The van der Waals surface area contributed by atoms with Gasteiger partial charge < -0.3 is 19.3 Å². The molecule has 5 heteroatoms. The van der Waals surface area contributed by atoms with Crippen LogP contribution in [0.25, 0.3) is 0 Å². The number of aliphatic carboxylic acids is 1. The Hall–Kier alpha value is -1.75. The second-order valence-corrected chi connectivity index (χ2v) is 5.95. The number of carboxylic acid groups (broad SMARTS) is 1. The maximum atomic E-state index is 11.2. The first-order valence-electron chi connectivity index (χ1n) is 7.07. The molecule has 1 heterocycles. The van der Waals surface area contributed by atoms with Crippen LogP contribution in [-0.4, -0.2) is 37.5 Å². The molecule has 2 rings (SSSR count). The van der Waals surface area contributed by atoms with E-state index >= 15 is 0 Å². The normalized spacial score (nSPS) is 18.5. The van der Waals surface area contributed by atoms with E-state index in [1.54, 1.807) is 21.0 Å². The first kappa shape index (κ1) is 15.6. The molecule has 0 bridgehead atoms. The molecule has 5 nitrogen and oxygen atoms in total. The van der Waals surface area contributed by atoms with Crippen molar-refractivity contribution < 1.29 is 24.1 Å². The highest BCUT2D eigenvalue weighted by Crippen LogP contribution is 2.32. The molecule has 116 valence electrons. The van der Waals surface area contributed by atoms with E-state index in [1.165, 1.54) is 0 Å². The fraction of sp³-hybridized carbons (Fsp3) is 0.562. The molecule has 1 aromatic carbocycles. The van der Waals surface area contributed by atoms with E-state index in [2.05, 4.69) is 0 Å². The summed E-state index contributed by atoms with van der Waals surface area (Å²) >= 11 is 0. The van der Waals surface area contributed by atoms with Gasteiger partial charge in [0.1, 0.15) is 6.10 Å². The minimum absolute atomic E-state index is 0.0558. The maximum Gasteiger partial charge on any atom is 0.309 e. The summed E-state index contributed by atoms with van der Waals surface area (Å²) in [6.45, 7) is 4.74. The van der Waals surface area contributed by atoms with Crippen molar-refractivity contribution in [3.8, 4) is 11.5 Å². The van der Waals surface area contributed by atoms with Crippen LogP contribution in [0.2, 0.25) is 0 Å². The Kier molecular flexibility index (Phi) is 4.73. The first-order valence-corrected chi connectivity index (χ1v) is 7.07. The number of hydrogen-bond donors (Lipinski definition) is 1. The second-order valence-electron chi connectivity index (χ2n) is 5.95. The fourth-order valence-electron chi connectivity index (χ4n) is 2.29. The van der Waals surface area contributed by atoms with Crippen molar-refractivity contribution >= 4 is 5.97 Å². The molecule has 1 atom stereocenters. The first-order chi connectivity index (χ1) is 9.92. The average Bonchev–Trinajstić information content (AvgIpc) is 2.93. The molecule has 0 aromatic heterocycles. The lowest BCUT2D eigenvalue weighted by molar-refractivity contribution is -0.146. The number of rotatable bonds is 6. The van der Waals surface area contributed by atoms with Crippen molar-refractivity contribution in [3.63, 3.8) is 0 Å². The Morgan fingerprint density at radius 1 is 1.43 bits per heavy atom. The van der Waals surface area contributed by atoms with Gasteiger partial charge in [0.25, 0.3) is 0 Å². The molecule has 0 amide bonds. The van der Waals surface area contributed by atoms with Gasteiger partial charge in [-0.05, 0) is 38.0 Å². The Morgan fingerprint density at radius 3 is 2.76 bits per heavy atom. The van der Waals surface area contributed by atoms with E-state index in [-0.39, 0.29) is 6.10 Å². The number of ether oxygens (including phenoxy) is 3. The van der Waals surface area contributed by atoms with Gasteiger partial charge in [0, 0.05) is 6.42 Å². The summed E-state index contributed by atoms with van der Waals surface area (Å²) in [6.07, 6.45) is 1.36. The molecule has 1 aromatic rings. The molecular weight excluding hydrogens is 272 g/mol. The van der Waals surface area contributed by atoms with Gasteiger partial charge in [0.2, 0.25) is 0 Å². The number of hydrogen-bond acceptors (Lipinski definition) is 4. The molecule has 1 aliphatic heterocycles. The molecule has 0 radical (unpaired) electrons. The number of carbonyl (C=O) groups is 1. The molecule has 0 saturated carbocycles. The molecule has 1 saturated heterocycles. The molecule has 0 aliphatic carbocycles. The smallest absolute Gasteiger partial charge is 0.309 e. The number of carboxylic acids is 1. The van der Waals surface area contributed by atoms with Gasteiger partial charge in [-0.2, -0.15) is 0 Å². The van der Waals surface area contributed by atoms with E-state index in [1.807, 2.05) is 18.2 Å². The lowest BCUT2D eigenvalue weighted by Gasteiger charge is -2.20. The minimum atomic E-state index is -0.815. The maximum absolute atomic E-state index is 11.2. The summed E-state index contributed by atoms with van der Waals surface area (Å²) in [5.41, 5.74) is 0.0985. The summed E-state index contributed by atoms with van der Waals surface area (Å²) in [6, 6.07) is 5.57. The number of methoxy groups -OCH3 is 1. The van der Waals surface area contributed by atoms with Crippen molar-refractivity contribution in [2.24, 2.45) is 5.41 Å². The van der Waals surface area contributed by atoms with Gasteiger partial charge >= 0.3 is 5.97 Å². The quantitative estimate of drug-likeness (QED) is 0.873. The van der Waals surface area contributed by atoms with Crippen molar-refractivity contribution in [2.75, 3.05) is 20.3 Å². The van der Waals surface area contributed by atoms with Crippen LogP contribution in [-0.2, 0) is 16.0 Å². The average molecular weight is 294 g/mol. The van der Waals surface area contributed by atoms with Gasteiger partial charge in [0.15, 0.2) is 11.5 Å². The zero-order valence-corrected chi connectivity index (χ0v) is 12.7. The topological polar surface area (TPSA) is 65.0 Å². The fourth-order valence-corrected chi connectivity index (χ4v) is 2.29. The highest BCUT2D eigenvalue weighted by atomic mass is 16.6. The van der Waals surface area contributed by atoms with E-state index < -0.39 is 11.4 Å². The predicted octanol–water partition coefficient (Wildman–Crippen LogP) is 2.52. The molecule has 0 spiro atoms. The Labute approximate surface area is 124 Å². The largest absolute Gasteiger partial charge is 0.493 e. The highest BCUT2D eigenvalue weighted by molar-refractivity contribution is 5.74. The predicted molar refractivity (Wildman–Crippen MR) is 78.0 cm³/mol. The van der Waals surface area contributed by atoms with Gasteiger partial charge in [-0.15, -0.1) is 0 Å². The van der Waals surface area contributed by atoms with E-state index in [9.17, 15) is 9.90 Å². The third kappa shape index (κ3) is 3.88.